The molecule has 4 saturated carbocycles. The van der Waals surface area contributed by atoms with E-state index in [2.05, 4.69) is 27.7 Å². The summed E-state index contributed by atoms with van der Waals surface area (Å²) in [6, 6.07) is 0. The van der Waals surface area contributed by atoms with E-state index < -0.39 is 98.7 Å². The molecule has 0 radical (unpaired) electrons. The lowest BCUT2D eigenvalue weighted by molar-refractivity contribution is -0.366. The van der Waals surface area contributed by atoms with Gasteiger partial charge in [-0.3, -0.25) is 0 Å². The van der Waals surface area contributed by atoms with Crippen LogP contribution in [0.1, 0.15) is 79.1 Å². The predicted octanol–water partition coefficient (Wildman–Crippen LogP) is -0.616. The van der Waals surface area contributed by atoms with Gasteiger partial charge < -0.3 is 74.4 Å². The lowest BCUT2D eigenvalue weighted by atomic mass is 9.44. The minimum Gasteiger partial charge on any atom is -0.394 e. The van der Waals surface area contributed by atoms with Gasteiger partial charge in [0.25, 0.3) is 0 Å². The Bertz CT molecular complexity index is 1330. The van der Waals surface area contributed by atoms with Crippen LogP contribution in [-0.2, 0) is 28.4 Å². The van der Waals surface area contributed by atoms with E-state index in [1.807, 2.05) is 0 Å². The molecule has 4 aliphatic carbocycles. The van der Waals surface area contributed by atoms with Gasteiger partial charge in [0.2, 0.25) is 0 Å². The standard InChI is InChI=1S/C39H64O15/c1-16-7-10-39(49-15-16)17(2)25-34(54-39)28(44)26-19-6-5-18-11-22(21(42)12-38(18,4)20(19)8-9-37(25,26)3)50-35-32(48)30(46)33(24(14-41)52-35)53-36-31(47)29(45)27(43)23(13-40)51-36/h16-36,40-48H,5-15H2,1-4H3/t16-,17+,18-,19+,20-,21+,22-,23-,24+,25-,26+,27+,28-,29+,30-,31+,32+,33+,34+,35-,36-,37+,38-,39-/m1/s1. The Kier molecular flexibility index (Phi) is 10.9. The molecule has 15 heteroatoms. The van der Waals surface area contributed by atoms with Crippen LogP contribution in [0.25, 0.3) is 0 Å². The number of fused-ring (bicyclic) bond motifs is 7. The molecule has 0 aromatic rings. The molecule has 8 rings (SSSR count). The highest BCUT2D eigenvalue weighted by atomic mass is 16.7. The van der Waals surface area contributed by atoms with Gasteiger partial charge in [-0.25, -0.2) is 0 Å². The second kappa shape index (κ2) is 14.6. The zero-order valence-electron chi connectivity index (χ0n) is 31.9. The average molecular weight is 773 g/mol. The molecule has 8 fully saturated rings. The summed E-state index contributed by atoms with van der Waals surface area (Å²) in [5.74, 6) is 1.19. The Labute approximate surface area is 316 Å². The molecule has 4 saturated heterocycles. The number of ether oxygens (including phenoxy) is 6. The maximum Gasteiger partial charge on any atom is 0.187 e. The van der Waals surface area contributed by atoms with Gasteiger partial charge >= 0.3 is 0 Å². The number of hydrogen-bond acceptors (Lipinski definition) is 15. The molecule has 9 N–H and O–H groups in total. The highest BCUT2D eigenvalue weighted by Gasteiger charge is 2.72. The van der Waals surface area contributed by atoms with E-state index in [9.17, 15) is 46.0 Å². The molecule has 4 aliphatic heterocycles. The maximum atomic E-state index is 12.1. The van der Waals surface area contributed by atoms with E-state index >= 15 is 0 Å². The van der Waals surface area contributed by atoms with Crippen molar-refractivity contribution in [2.24, 2.45) is 52.3 Å². The van der Waals surface area contributed by atoms with Crippen molar-refractivity contribution < 1.29 is 74.4 Å². The molecule has 54 heavy (non-hydrogen) atoms. The number of rotatable bonds is 6. The van der Waals surface area contributed by atoms with Crippen molar-refractivity contribution >= 4 is 0 Å². The summed E-state index contributed by atoms with van der Waals surface area (Å²) in [4.78, 5) is 0. The van der Waals surface area contributed by atoms with E-state index in [1.165, 1.54) is 0 Å². The zero-order chi connectivity index (χ0) is 38.6. The minimum absolute atomic E-state index is 0.0777. The monoisotopic (exact) mass is 772 g/mol. The molecule has 24 atom stereocenters. The summed E-state index contributed by atoms with van der Waals surface area (Å²) in [6.07, 6.45) is -11.2. The Hall–Kier alpha value is -0.600. The fourth-order valence-corrected chi connectivity index (χ4v) is 13.3. The van der Waals surface area contributed by atoms with Gasteiger partial charge in [-0.05, 0) is 85.4 Å². The van der Waals surface area contributed by atoms with Gasteiger partial charge in [0.1, 0.15) is 48.8 Å². The summed E-state index contributed by atoms with van der Waals surface area (Å²) in [5.41, 5.74) is -0.285. The molecule has 310 valence electrons. The first-order valence-electron chi connectivity index (χ1n) is 20.5. The third kappa shape index (κ3) is 6.09. The molecule has 0 aromatic heterocycles. The first-order valence-corrected chi connectivity index (χ1v) is 20.5. The third-order valence-corrected chi connectivity index (χ3v) is 16.2. The molecule has 0 bridgehead atoms. The van der Waals surface area contributed by atoms with Crippen LogP contribution < -0.4 is 0 Å². The van der Waals surface area contributed by atoms with Crippen LogP contribution in [-0.4, -0.2) is 157 Å². The molecule has 0 unspecified atom stereocenters. The lowest BCUT2D eigenvalue weighted by Crippen LogP contribution is -2.65. The van der Waals surface area contributed by atoms with Crippen LogP contribution in [0.15, 0.2) is 0 Å². The fraction of sp³-hybridized carbons (Fsp3) is 1.00. The number of aliphatic hydroxyl groups is 9. The highest BCUT2D eigenvalue weighted by Crippen LogP contribution is 2.71. The third-order valence-electron chi connectivity index (χ3n) is 16.2. The molecular formula is C39H64O15. The fourth-order valence-electron chi connectivity index (χ4n) is 13.3. The molecular weight excluding hydrogens is 708 g/mol. The Morgan fingerprint density at radius 2 is 1.37 bits per heavy atom. The quantitative estimate of drug-likeness (QED) is 0.153. The SMILES string of the molecule is C[C@@H]1CC[C@@]2(OC1)O[C@@H]1[C@H](O)[C@@H]3[C@H]4CC[C@@H]5C[C@@H](O[C@@H]6O[C@@H](CO)[C@H](O[C@H]7O[C@H](CO)[C@H](O)[C@H](O)[C@@H]7O)[C@H](O)[C@@H]6O)[C@@H](O)C[C@@]5(C)[C@@H]4CC[C@@]3(C)[C@@H]1[C@@H]2C. The molecule has 1 spiro atoms. The maximum absolute atomic E-state index is 12.1. The van der Waals surface area contributed by atoms with Crippen LogP contribution in [0.2, 0.25) is 0 Å². The van der Waals surface area contributed by atoms with Crippen LogP contribution >= 0.6 is 0 Å². The zero-order valence-corrected chi connectivity index (χ0v) is 31.9. The Morgan fingerprint density at radius 1 is 0.685 bits per heavy atom. The Morgan fingerprint density at radius 3 is 2.06 bits per heavy atom. The summed E-state index contributed by atoms with van der Waals surface area (Å²) in [5, 5.41) is 96.6. The van der Waals surface area contributed by atoms with Crippen molar-refractivity contribution in [1.29, 1.82) is 0 Å². The van der Waals surface area contributed by atoms with Gasteiger partial charge in [-0.2, -0.15) is 0 Å². The van der Waals surface area contributed by atoms with E-state index in [0.717, 1.165) is 38.5 Å². The topological polar surface area (TPSA) is 237 Å². The van der Waals surface area contributed by atoms with E-state index in [1.54, 1.807) is 0 Å². The van der Waals surface area contributed by atoms with Crippen LogP contribution in [0.3, 0.4) is 0 Å². The smallest absolute Gasteiger partial charge is 0.187 e. The lowest BCUT2D eigenvalue weighted by Gasteiger charge is -2.62. The van der Waals surface area contributed by atoms with E-state index in [0.29, 0.717) is 37.2 Å². The van der Waals surface area contributed by atoms with Gasteiger partial charge in [-0.1, -0.05) is 27.7 Å². The molecule has 0 aromatic carbocycles. The van der Waals surface area contributed by atoms with E-state index in [-0.39, 0.29) is 40.6 Å². The molecule has 4 heterocycles. The second-order valence-electron chi connectivity index (χ2n) is 19.0. The van der Waals surface area contributed by atoms with Gasteiger partial charge in [0.15, 0.2) is 18.4 Å². The normalized spacial score (nSPS) is 60.1. The van der Waals surface area contributed by atoms with Crippen LogP contribution in [0.4, 0.5) is 0 Å². The van der Waals surface area contributed by atoms with Crippen molar-refractivity contribution in [3.05, 3.63) is 0 Å². The van der Waals surface area contributed by atoms with Crippen molar-refractivity contribution in [2.75, 3.05) is 19.8 Å². The van der Waals surface area contributed by atoms with Crippen LogP contribution in [0, 0.1) is 52.3 Å². The van der Waals surface area contributed by atoms with Gasteiger partial charge in [0.05, 0.1) is 44.2 Å². The van der Waals surface area contributed by atoms with E-state index in [4.69, 9.17) is 28.4 Å². The molecule has 0 amide bonds. The summed E-state index contributed by atoms with van der Waals surface area (Å²) in [7, 11) is 0. The number of aliphatic hydroxyl groups excluding tert-OH is 9. The largest absolute Gasteiger partial charge is 0.394 e. The first-order chi connectivity index (χ1) is 25.6. The highest BCUT2D eigenvalue weighted by molar-refractivity contribution is 5.19. The van der Waals surface area contributed by atoms with Crippen LogP contribution in [0.5, 0.6) is 0 Å². The predicted molar refractivity (Wildman–Crippen MR) is 186 cm³/mol. The van der Waals surface area contributed by atoms with Crippen molar-refractivity contribution in [3.63, 3.8) is 0 Å². The van der Waals surface area contributed by atoms with Gasteiger partial charge in [0, 0.05) is 18.3 Å². The minimum atomic E-state index is -1.76. The second-order valence-corrected chi connectivity index (χ2v) is 19.0. The Balaban J connectivity index is 0.925. The number of hydrogen-bond donors (Lipinski definition) is 9. The van der Waals surface area contributed by atoms with Crippen molar-refractivity contribution in [3.8, 4) is 0 Å². The average Bonchev–Trinajstić information content (AvgIpc) is 3.56. The van der Waals surface area contributed by atoms with Crippen molar-refractivity contribution in [1.82, 2.24) is 0 Å². The molecule has 15 nitrogen and oxygen atoms in total. The van der Waals surface area contributed by atoms with Gasteiger partial charge in [-0.15, -0.1) is 0 Å². The first kappa shape index (κ1) is 40.2. The molecule has 8 aliphatic rings. The summed E-state index contributed by atoms with van der Waals surface area (Å²) in [6.45, 7) is 8.47. The van der Waals surface area contributed by atoms with Crippen molar-refractivity contribution in [2.45, 2.75) is 171 Å². The summed E-state index contributed by atoms with van der Waals surface area (Å²) >= 11 is 0. The summed E-state index contributed by atoms with van der Waals surface area (Å²) < 4.78 is 36.5.